The van der Waals surface area contributed by atoms with E-state index >= 15 is 0 Å². The van der Waals surface area contributed by atoms with Gasteiger partial charge in [-0.2, -0.15) is 0 Å². The lowest BCUT2D eigenvalue weighted by molar-refractivity contribution is 0.0954. The monoisotopic (exact) mass is 322 g/mol. The van der Waals surface area contributed by atoms with Crippen LogP contribution in [0.3, 0.4) is 0 Å². The lowest BCUT2D eigenvalue weighted by Crippen LogP contribution is -2.30. The summed E-state index contributed by atoms with van der Waals surface area (Å²) in [4.78, 5) is 15.9. The van der Waals surface area contributed by atoms with Crippen LogP contribution in [0.4, 0.5) is 10.2 Å². The maximum absolute atomic E-state index is 14.0. The van der Waals surface area contributed by atoms with Crippen molar-refractivity contribution in [1.29, 1.82) is 0 Å². The van der Waals surface area contributed by atoms with Crippen molar-refractivity contribution in [3.05, 3.63) is 46.9 Å². The Labute approximate surface area is 132 Å². The number of nitrogens with two attached hydrogens (primary N) is 1. The number of carbonyl (C=O) groups excluding carboxylic acids is 1. The Morgan fingerprint density at radius 2 is 2.14 bits per heavy atom. The van der Waals surface area contributed by atoms with Gasteiger partial charge in [0.15, 0.2) is 0 Å². The zero-order valence-corrected chi connectivity index (χ0v) is 12.7. The van der Waals surface area contributed by atoms with E-state index in [0.29, 0.717) is 24.2 Å². The van der Waals surface area contributed by atoms with Crippen LogP contribution in [0.15, 0.2) is 30.5 Å². The third-order valence-electron chi connectivity index (χ3n) is 3.07. The molecule has 5 nitrogen and oxygen atoms in total. The molecular weight excluding hydrogens is 307 g/mol. The predicted octanol–water partition coefficient (Wildman–Crippen LogP) is 2.07. The highest BCUT2D eigenvalue weighted by atomic mass is 35.5. The molecular formula is C15H16ClFN4O. The standard InChI is InChI=1S/C15H16ClFN4O/c1-19-4-5-20-15(22)9-2-3-13(17)11(6-9)10-7-12(16)14(18)21-8-10/h2-3,6-8,19H,4-5H2,1H3,(H2,18,21)(H,20,22). The van der Waals surface area contributed by atoms with Gasteiger partial charge in [0.25, 0.3) is 5.91 Å². The van der Waals surface area contributed by atoms with Gasteiger partial charge in [-0.3, -0.25) is 4.79 Å². The average Bonchev–Trinajstić information content (AvgIpc) is 2.51. The second-order valence-electron chi connectivity index (χ2n) is 4.65. The molecule has 0 bridgehead atoms. The third kappa shape index (κ3) is 3.72. The molecule has 0 aliphatic heterocycles. The van der Waals surface area contributed by atoms with E-state index in [1.54, 1.807) is 7.05 Å². The molecule has 22 heavy (non-hydrogen) atoms. The van der Waals surface area contributed by atoms with Crippen LogP contribution in [0.2, 0.25) is 5.02 Å². The van der Waals surface area contributed by atoms with Crippen LogP contribution in [0.5, 0.6) is 0 Å². The number of carbonyl (C=O) groups is 1. The Morgan fingerprint density at radius 1 is 1.36 bits per heavy atom. The number of nitrogens with zero attached hydrogens (tertiary/aromatic N) is 1. The average molecular weight is 323 g/mol. The Balaban J connectivity index is 2.30. The number of amides is 1. The first-order valence-electron chi connectivity index (χ1n) is 6.66. The van der Waals surface area contributed by atoms with Crippen LogP contribution < -0.4 is 16.4 Å². The molecule has 0 unspecified atom stereocenters. The fourth-order valence-corrected chi connectivity index (χ4v) is 2.05. The van der Waals surface area contributed by atoms with Gasteiger partial charge in [0.05, 0.1) is 5.02 Å². The number of hydrogen-bond donors (Lipinski definition) is 3. The molecule has 1 aromatic heterocycles. The number of likely N-dealkylation sites (N-methyl/N-ethyl adjacent to an activating group) is 1. The minimum Gasteiger partial charge on any atom is -0.382 e. The van der Waals surface area contributed by atoms with Gasteiger partial charge in [-0.1, -0.05) is 11.6 Å². The van der Waals surface area contributed by atoms with Crippen molar-refractivity contribution in [2.45, 2.75) is 0 Å². The van der Waals surface area contributed by atoms with Gasteiger partial charge >= 0.3 is 0 Å². The van der Waals surface area contributed by atoms with Crippen molar-refractivity contribution in [3.8, 4) is 11.1 Å². The van der Waals surface area contributed by atoms with Crippen LogP contribution in [-0.2, 0) is 0 Å². The van der Waals surface area contributed by atoms with Crippen LogP contribution in [0.25, 0.3) is 11.1 Å². The molecule has 1 heterocycles. The van der Waals surface area contributed by atoms with E-state index in [1.807, 2.05) is 0 Å². The van der Waals surface area contributed by atoms with E-state index in [-0.39, 0.29) is 22.3 Å². The van der Waals surface area contributed by atoms with Gasteiger partial charge in [0.2, 0.25) is 0 Å². The summed E-state index contributed by atoms with van der Waals surface area (Å²) in [6.45, 7) is 1.13. The summed E-state index contributed by atoms with van der Waals surface area (Å²) in [6.07, 6.45) is 1.42. The maximum Gasteiger partial charge on any atom is 0.251 e. The van der Waals surface area contributed by atoms with E-state index in [2.05, 4.69) is 15.6 Å². The Bertz CT molecular complexity index is 693. The van der Waals surface area contributed by atoms with Crippen LogP contribution >= 0.6 is 11.6 Å². The van der Waals surface area contributed by atoms with Crippen LogP contribution in [0, 0.1) is 5.82 Å². The molecule has 4 N–H and O–H groups in total. The Kier molecular flexibility index (Phi) is 5.30. The van der Waals surface area contributed by atoms with E-state index in [4.69, 9.17) is 17.3 Å². The smallest absolute Gasteiger partial charge is 0.251 e. The minimum absolute atomic E-state index is 0.173. The predicted molar refractivity (Wildman–Crippen MR) is 85.3 cm³/mol. The van der Waals surface area contributed by atoms with Crippen molar-refractivity contribution in [2.75, 3.05) is 25.9 Å². The number of halogens is 2. The van der Waals surface area contributed by atoms with Gasteiger partial charge in [-0.05, 0) is 31.3 Å². The fraction of sp³-hybridized carbons (Fsp3) is 0.200. The lowest BCUT2D eigenvalue weighted by Gasteiger charge is -2.09. The topological polar surface area (TPSA) is 80.0 Å². The number of nitrogens with one attached hydrogen (secondary N) is 2. The highest BCUT2D eigenvalue weighted by Gasteiger charge is 2.12. The highest BCUT2D eigenvalue weighted by molar-refractivity contribution is 6.33. The third-order valence-corrected chi connectivity index (χ3v) is 3.37. The normalized spacial score (nSPS) is 10.5. The van der Waals surface area contributed by atoms with Crippen molar-refractivity contribution >= 4 is 23.3 Å². The molecule has 2 aromatic rings. The van der Waals surface area contributed by atoms with Gasteiger partial charge in [0, 0.05) is 36.0 Å². The number of pyridine rings is 1. The first kappa shape index (κ1) is 16.2. The molecule has 0 atom stereocenters. The molecule has 0 radical (unpaired) electrons. The molecule has 0 aliphatic rings. The van der Waals surface area contributed by atoms with Crippen LogP contribution in [-0.4, -0.2) is 31.0 Å². The Hall–Kier alpha value is -2.18. The molecule has 0 saturated carbocycles. The minimum atomic E-state index is -0.464. The molecule has 1 amide bonds. The Morgan fingerprint density at radius 3 is 2.82 bits per heavy atom. The molecule has 0 aliphatic carbocycles. The largest absolute Gasteiger partial charge is 0.382 e. The van der Waals surface area contributed by atoms with Gasteiger partial charge in [-0.25, -0.2) is 9.37 Å². The number of aromatic nitrogens is 1. The summed E-state index contributed by atoms with van der Waals surface area (Å²) in [5.41, 5.74) is 6.61. The summed E-state index contributed by atoms with van der Waals surface area (Å²) >= 11 is 5.91. The highest BCUT2D eigenvalue weighted by Crippen LogP contribution is 2.27. The molecule has 0 spiro atoms. The number of hydrogen-bond acceptors (Lipinski definition) is 4. The SMILES string of the molecule is CNCCNC(=O)c1ccc(F)c(-c2cnc(N)c(Cl)c2)c1. The van der Waals surface area contributed by atoms with E-state index < -0.39 is 5.82 Å². The number of anilines is 1. The number of benzene rings is 1. The van der Waals surface area contributed by atoms with Crippen molar-refractivity contribution in [1.82, 2.24) is 15.6 Å². The maximum atomic E-state index is 14.0. The second-order valence-corrected chi connectivity index (χ2v) is 5.05. The first-order chi connectivity index (χ1) is 10.5. The summed E-state index contributed by atoms with van der Waals surface area (Å²) in [5.74, 6) is -0.563. The van der Waals surface area contributed by atoms with Crippen molar-refractivity contribution < 1.29 is 9.18 Å². The number of rotatable bonds is 5. The van der Waals surface area contributed by atoms with E-state index in [1.165, 1.54) is 30.5 Å². The quantitative estimate of drug-likeness (QED) is 0.736. The summed E-state index contributed by atoms with van der Waals surface area (Å²) < 4.78 is 14.0. The fourth-order valence-electron chi connectivity index (χ4n) is 1.89. The van der Waals surface area contributed by atoms with E-state index in [9.17, 15) is 9.18 Å². The molecule has 0 fully saturated rings. The second kappa shape index (κ2) is 7.20. The molecule has 1 aromatic carbocycles. The van der Waals surface area contributed by atoms with Crippen LogP contribution in [0.1, 0.15) is 10.4 Å². The van der Waals surface area contributed by atoms with E-state index in [0.717, 1.165) is 0 Å². The van der Waals surface area contributed by atoms with Crippen molar-refractivity contribution in [3.63, 3.8) is 0 Å². The first-order valence-corrected chi connectivity index (χ1v) is 7.04. The molecule has 0 saturated heterocycles. The summed E-state index contributed by atoms with van der Waals surface area (Å²) in [5, 5.41) is 5.89. The van der Waals surface area contributed by atoms with Gasteiger partial charge < -0.3 is 16.4 Å². The molecule has 2 rings (SSSR count). The summed E-state index contributed by atoms with van der Waals surface area (Å²) in [7, 11) is 1.79. The van der Waals surface area contributed by atoms with Gasteiger partial charge in [-0.15, -0.1) is 0 Å². The molecule has 116 valence electrons. The number of nitrogen functional groups attached to an aromatic ring is 1. The van der Waals surface area contributed by atoms with Crippen molar-refractivity contribution in [2.24, 2.45) is 0 Å². The zero-order chi connectivity index (χ0) is 16.1. The molecule has 7 heteroatoms. The zero-order valence-electron chi connectivity index (χ0n) is 12.0. The summed E-state index contributed by atoms with van der Waals surface area (Å²) in [6, 6.07) is 5.66. The van der Waals surface area contributed by atoms with Gasteiger partial charge in [0.1, 0.15) is 11.6 Å². The lowest BCUT2D eigenvalue weighted by atomic mass is 10.0.